The Bertz CT molecular complexity index is 941. The molecule has 0 saturated heterocycles. The fourth-order valence-corrected chi connectivity index (χ4v) is 4.88. The third kappa shape index (κ3) is 6.04. The molecule has 1 saturated carbocycles. The van der Waals surface area contributed by atoms with Crippen LogP contribution in [-0.2, 0) is 11.4 Å². The molecule has 4 rings (SSSR count). The normalized spacial score (nSPS) is 17.2. The van der Waals surface area contributed by atoms with E-state index in [0.717, 1.165) is 30.2 Å². The van der Waals surface area contributed by atoms with E-state index in [1.165, 1.54) is 43.0 Å². The third-order valence-corrected chi connectivity index (χ3v) is 6.99. The van der Waals surface area contributed by atoms with Crippen molar-refractivity contribution in [1.82, 2.24) is 20.1 Å². The second-order valence-corrected chi connectivity index (χ2v) is 9.84. The van der Waals surface area contributed by atoms with Crippen LogP contribution in [0.4, 0.5) is 0 Å². The van der Waals surface area contributed by atoms with Gasteiger partial charge in [0.15, 0.2) is 11.0 Å². The number of rotatable bonds is 10. The number of ether oxygens (including phenoxy) is 1. The molecule has 0 bridgehead atoms. The van der Waals surface area contributed by atoms with Crippen LogP contribution in [0, 0.1) is 0 Å². The maximum absolute atomic E-state index is 12.6. The van der Waals surface area contributed by atoms with Crippen molar-refractivity contribution in [2.45, 2.75) is 74.9 Å². The average molecular weight is 461 g/mol. The van der Waals surface area contributed by atoms with Gasteiger partial charge in [-0.05, 0) is 64.0 Å². The summed E-state index contributed by atoms with van der Waals surface area (Å²) >= 11 is 7.64. The van der Waals surface area contributed by atoms with Gasteiger partial charge in [0, 0.05) is 12.6 Å². The number of nitrogens with one attached hydrogen (secondary N) is 1. The molecule has 1 amide bonds. The van der Waals surface area contributed by atoms with E-state index in [-0.39, 0.29) is 11.2 Å². The SMILES string of the molecule is CC(Sc1nnc(COc2ccccc2Cl)n1C1CC1)C(=O)NCCC1=CCCCC1. The molecule has 2 aliphatic rings. The van der Waals surface area contributed by atoms with Gasteiger partial charge in [-0.1, -0.05) is 47.1 Å². The Morgan fingerprint density at radius 1 is 1.32 bits per heavy atom. The summed E-state index contributed by atoms with van der Waals surface area (Å²) in [4.78, 5) is 12.6. The van der Waals surface area contributed by atoms with Crippen LogP contribution < -0.4 is 10.1 Å². The molecule has 1 fully saturated rings. The van der Waals surface area contributed by atoms with Crippen molar-refractivity contribution >= 4 is 29.3 Å². The third-order valence-electron chi connectivity index (χ3n) is 5.62. The van der Waals surface area contributed by atoms with E-state index in [2.05, 4.69) is 26.2 Å². The summed E-state index contributed by atoms with van der Waals surface area (Å²) in [5, 5.41) is 12.9. The Labute approximate surface area is 192 Å². The fraction of sp³-hybridized carbons (Fsp3) is 0.522. The molecule has 0 radical (unpaired) electrons. The molecule has 1 unspecified atom stereocenters. The quantitative estimate of drug-likeness (QED) is 0.383. The summed E-state index contributed by atoms with van der Waals surface area (Å²) < 4.78 is 7.99. The number of hydrogen-bond acceptors (Lipinski definition) is 5. The Hall–Kier alpha value is -1.99. The van der Waals surface area contributed by atoms with E-state index >= 15 is 0 Å². The molecule has 2 aromatic rings. The Kier molecular flexibility index (Phi) is 7.56. The first-order valence-electron chi connectivity index (χ1n) is 11.0. The number of thioether (sulfide) groups is 1. The van der Waals surface area contributed by atoms with Crippen molar-refractivity contribution in [3.8, 4) is 5.75 Å². The van der Waals surface area contributed by atoms with Gasteiger partial charge in [0.2, 0.25) is 5.91 Å². The van der Waals surface area contributed by atoms with Crippen molar-refractivity contribution < 1.29 is 9.53 Å². The zero-order valence-electron chi connectivity index (χ0n) is 17.8. The maximum Gasteiger partial charge on any atom is 0.233 e. The zero-order chi connectivity index (χ0) is 21.6. The minimum atomic E-state index is -0.237. The second-order valence-electron chi connectivity index (χ2n) is 8.13. The lowest BCUT2D eigenvalue weighted by Crippen LogP contribution is -2.32. The number of carbonyl (C=O) groups is 1. The van der Waals surface area contributed by atoms with Gasteiger partial charge in [0.25, 0.3) is 0 Å². The molecule has 1 aromatic heterocycles. The standard InChI is InChI=1S/C23H29ClN4O2S/c1-16(22(29)25-14-13-17-7-3-2-4-8-17)31-23-27-26-21(28(23)18-11-12-18)15-30-20-10-6-5-9-19(20)24/h5-7,9-10,16,18H,2-4,8,11-15H2,1H3,(H,25,29). The number of carbonyl (C=O) groups excluding carboxylic acids is 1. The Morgan fingerprint density at radius 2 is 2.16 bits per heavy atom. The van der Waals surface area contributed by atoms with Crippen molar-refractivity contribution in [3.63, 3.8) is 0 Å². The molecule has 6 nitrogen and oxygen atoms in total. The van der Waals surface area contributed by atoms with E-state index < -0.39 is 0 Å². The minimum absolute atomic E-state index is 0.0422. The molecule has 0 aliphatic heterocycles. The van der Waals surface area contributed by atoms with Gasteiger partial charge in [-0.3, -0.25) is 9.36 Å². The molecular formula is C23H29ClN4O2S. The van der Waals surface area contributed by atoms with Gasteiger partial charge in [0.05, 0.1) is 10.3 Å². The van der Waals surface area contributed by atoms with E-state index in [4.69, 9.17) is 16.3 Å². The van der Waals surface area contributed by atoms with Gasteiger partial charge in [-0.25, -0.2) is 0 Å². The average Bonchev–Trinajstić information content (AvgIpc) is 3.54. The highest BCUT2D eigenvalue weighted by molar-refractivity contribution is 8.00. The largest absolute Gasteiger partial charge is 0.484 e. The first kappa shape index (κ1) is 22.2. The van der Waals surface area contributed by atoms with Crippen molar-refractivity contribution in [1.29, 1.82) is 0 Å². The van der Waals surface area contributed by atoms with Gasteiger partial charge in [-0.15, -0.1) is 10.2 Å². The molecule has 2 aliphatic carbocycles. The highest BCUT2D eigenvalue weighted by Crippen LogP contribution is 2.39. The van der Waals surface area contributed by atoms with Crippen LogP contribution in [0.5, 0.6) is 5.75 Å². The zero-order valence-corrected chi connectivity index (χ0v) is 19.4. The number of amides is 1. The van der Waals surface area contributed by atoms with Crippen LogP contribution in [0.3, 0.4) is 0 Å². The van der Waals surface area contributed by atoms with E-state index in [0.29, 0.717) is 30.0 Å². The van der Waals surface area contributed by atoms with E-state index in [9.17, 15) is 4.79 Å². The smallest absolute Gasteiger partial charge is 0.233 e. The fourth-order valence-electron chi connectivity index (χ4n) is 3.72. The maximum atomic E-state index is 12.6. The van der Waals surface area contributed by atoms with Crippen molar-refractivity contribution in [3.05, 3.63) is 46.8 Å². The highest BCUT2D eigenvalue weighted by Gasteiger charge is 2.31. The van der Waals surface area contributed by atoms with Crippen LogP contribution >= 0.6 is 23.4 Å². The summed E-state index contributed by atoms with van der Waals surface area (Å²) in [6.45, 7) is 2.91. The number of para-hydroxylation sites is 1. The Morgan fingerprint density at radius 3 is 2.90 bits per heavy atom. The van der Waals surface area contributed by atoms with E-state index in [1.807, 2.05) is 25.1 Å². The van der Waals surface area contributed by atoms with Crippen LogP contribution in [0.1, 0.15) is 63.7 Å². The summed E-state index contributed by atoms with van der Waals surface area (Å²) in [5.74, 6) is 1.44. The van der Waals surface area contributed by atoms with Gasteiger partial charge in [0.1, 0.15) is 12.4 Å². The van der Waals surface area contributed by atoms with Gasteiger partial charge in [-0.2, -0.15) is 0 Å². The molecule has 1 aromatic carbocycles. The molecule has 1 heterocycles. The Balaban J connectivity index is 1.33. The molecule has 1 N–H and O–H groups in total. The van der Waals surface area contributed by atoms with Crippen molar-refractivity contribution in [2.75, 3.05) is 6.54 Å². The minimum Gasteiger partial charge on any atom is -0.484 e. The van der Waals surface area contributed by atoms with Crippen LogP contribution in [0.25, 0.3) is 0 Å². The summed E-state index contributed by atoms with van der Waals surface area (Å²) in [6.07, 6.45) is 10.4. The van der Waals surface area contributed by atoms with Crippen LogP contribution in [-0.4, -0.2) is 32.5 Å². The monoisotopic (exact) mass is 460 g/mol. The molecule has 8 heteroatoms. The van der Waals surface area contributed by atoms with Crippen LogP contribution in [0.2, 0.25) is 5.02 Å². The number of benzene rings is 1. The topological polar surface area (TPSA) is 69.0 Å². The molecule has 1 atom stereocenters. The molecule has 31 heavy (non-hydrogen) atoms. The molecular weight excluding hydrogens is 432 g/mol. The van der Waals surface area contributed by atoms with Gasteiger partial charge >= 0.3 is 0 Å². The highest BCUT2D eigenvalue weighted by atomic mass is 35.5. The predicted octanol–water partition coefficient (Wildman–Crippen LogP) is 5.33. The summed E-state index contributed by atoms with van der Waals surface area (Å²) in [5.41, 5.74) is 1.48. The molecule has 0 spiro atoms. The number of aromatic nitrogens is 3. The first-order chi connectivity index (χ1) is 15.1. The lowest BCUT2D eigenvalue weighted by atomic mass is 9.97. The first-order valence-corrected chi connectivity index (χ1v) is 12.3. The summed E-state index contributed by atoms with van der Waals surface area (Å²) in [7, 11) is 0. The molecule has 166 valence electrons. The van der Waals surface area contributed by atoms with E-state index in [1.54, 1.807) is 6.07 Å². The number of allylic oxidation sites excluding steroid dienone is 1. The number of nitrogens with zero attached hydrogens (tertiary/aromatic N) is 3. The lowest BCUT2D eigenvalue weighted by molar-refractivity contribution is -0.120. The summed E-state index contributed by atoms with van der Waals surface area (Å²) in [6, 6.07) is 7.78. The number of hydrogen-bond donors (Lipinski definition) is 1. The second kappa shape index (κ2) is 10.6. The van der Waals surface area contributed by atoms with Crippen molar-refractivity contribution in [2.24, 2.45) is 0 Å². The lowest BCUT2D eigenvalue weighted by Gasteiger charge is -2.15. The van der Waals surface area contributed by atoms with Gasteiger partial charge < -0.3 is 10.1 Å². The number of halogens is 1. The predicted molar refractivity (Wildman–Crippen MR) is 124 cm³/mol. The van der Waals surface area contributed by atoms with Crippen LogP contribution in [0.15, 0.2) is 41.1 Å².